The number of hydrogen-bond acceptors (Lipinski definition) is 4. The van der Waals surface area contributed by atoms with Gasteiger partial charge in [-0.05, 0) is 41.6 Å². The van der Waals surface area contributed by atoms with Crippen LogP contribution < -0.4 is 5.32 Å². The lowest BCUT2D eigenvalue weighted by Crippen LogP contribution is -2.27. The predicted octanol–water partition coefficient (Wildman–Crippen LogP) is 3.17. The molecule has 18 heavy (non-hydrogen) atoms. The van der Waals surface area contributed by atoms with Crippen molar-refractivity contribution in [3.63, 3.8) is 0 Å². The van der Waals surface area contributed by atoms with E-state index in [0.717, 1.165) is 48.7 Å². The molecule has 0 saturated carbocycles. The molecular weight excluding hydrogens is 294 g/mol. The van der Waals surface area contributed by atoms with Gasteiger partial charge < -0.3 is 10.1 Å². The largest absolute Gasteiger partial charge is 0.376 e. The Hall–Kier alpha value is -0.680. The van der Waals surface area contributed by atoms with Gasteiger partial charge in [-0.2, -0.15) is 0 Å². The summed E-state index contributed by atoms with van der Waals surface area (Å²) in [6.45, 7) is 3.85. The topological polar surface area (TPSA) is 47.0 Å². The number of aromatic nitrogens is 2. The standard InChI is InChI=1S/C13H20BrN3O/c1-2-5-12-16-11(14)8-13(17-12)15-9-10-6-3-4-7-18-10/h8,10H,2-7,9H2,1H3,(H,15,16,17). The highest BCUT2D eigenvalue weighted by Crippen LogP contribution is 2.16. The normalized spacial score (nSPS) is 19.8. The smallest absolute Gasteiger partial charge is 0.132 e. The Bertz CT molecular complexity index is 380. The summed E-state index contributed by atoms with van der Waals surface area (Å²) >= 11 is 3.43. The van der Waals surface area contributed by atoms with Crippen molar-refractivity contribution < 1.29 is 4.74 Å². The summed E-state index contributed by atoms with van der Waals surface area (Å²) in [7, 11) is 0. The van der Waals surface area contributed by atoms with Gasteiger partial charge in [0, 0.05) is 25.6 Å². The van der Waals surface area contributed by atoms with E-state index in [4.69, 9.17) is 4.74 Å². The van der Waals surface area contributed by atoms with Gasteiger partial charge in [-0.15, -0.1) is 0 Å². The van der Waals surface area contributed by atoms with Gasteiger partial charge in [-0.25, -0.2) is 9.97 Å². The molecule has 0 radical (unpaired) electrons. The first-order valence-electron chi connectivity index (χ1n) is 6.67. The molecule has 1 saturated heterocycles. The molecule has 0 spiro atoms. The van der Waals surface area contributed by atoms with Crippen molar-refractivity contribution in [3.05, 3.63) is 16.5 Å². The monoisotopic (exact) mass is 313 g/mol. The molecule has 1 atom stereocenters. The van der Waals surface area contributed by atoms with E-state index >= 15 is 0 Å². The zero-order valence-electron chi connectivity index (χ0n) is 10.8. The number of halogens is 1. The van der Waals surface area contributed by atoms with Crippen molar-refractivity contribution in [2.24, 2.45) is 0 Å². The average molecular weight is 314 g/mol. The first kappa shape index (κ1) is 13.7. The summed E-state index contributed by atoms with van der Waals surface area (Å²) in [5.41, 5.74) is 0. The van der Waals surface area contributed by atoms with E-state index in [-0.39, 0.29) is 0 Å². The number of rotatable bonds is 5. The zero-order valence-corrected chi connectivity index (χ0v) is 12.4. The molecule has 100 valence electrons. The van der Waals surface area contributed by atoms with E-state index in [1.165, 1.54) is 12.8 Å². The van der Waals surface area contributed by atoms with Gasteiger partial charge in [-0.3, -0.25) is 0 Å². The highest BCUT2D eigenvalue weighted by Gasteiger charge is 2.13. The molecule has 4 nitrogen and oxygen atoms in total. The quantitative estimate of drug-likeness (QED) is 0.848. The maximum atomic E-state index is 5.69. The summed E-state index contributed by atoms with van der Waals surface area (Å²) in [6.07, 6.45) is 5.88. The molecule has 1 aromatic heterocycles. The fourth-order valence-electron chi connectivity index (χ4n) is 2.08. The van der Waals surface area contributed by atoms with Crippen LogP contribution in [-0.4, -0.2) is 29.2 Å². The van der Waals surface area contributed by atoms with E-state index in [1.54, 1.807) is 0 Å². The molecule has 2 heterocycles. The lowest BCUT2D eigenvalue weighted by atomic mass is 10.1. The van der Waals surface area contributed by atoms with E-state index in [9.17, 15) is 0 Å². The van der Waals surface area contributed by atoms with Gasteiger partial charge in [0.1, 0.15) is 16.2 Å². The Labute approximate surface area is 117 Å². The van der Waals surface area contributed by atoms with Crippen LogP contribution in [0.4, 0.5) is 5.82 Å². The fourth-order valence-corrected chi connectivity index (χ4v) is 2.50. The Morgan fingerprint density at radius 3 is 3.06 bits per heavy atom. The third-order valence-electron chi connectivity index (χ3n) is 3.00. The highest BCUT2D eigenvalue weighted by atomic mass is 79.9. The molecule has 1 fully saturated rings. The van der Waals surface area contributed by atoms with Gasteiger partial charge in [0.25, 0.3) is 0 Å². The van der Waals surface area contributed by atoms with Crippen LogP contribution in [0.2, 0.25) is 0 Å². The van der Waals surface area contributed by atoms with Crippen LogP contribution in [-0.2, 0) is 11.2 Å². The SMILES string of the molecule is CCCc1nc(Br)cc(NCC2CCCCO2)n1. The molecule has 5 heteroatoms. The Kier molecular flexibility index (Phi) is 5.38. The summed E-state index contributed by atoms with van der Waals surface area (Å²) in [6, 6.07) is 1.92. The molecular formula is C13H20BrN3O. The third kappa shape index (κ3) is 4.21. The third-order valence-corrected chi connectivity index (χ3v) is 3.41. The van der Waals surface area contributed by atoms with Crippen molar-refractivity contribution in [3.8, 4) is 0 Å². The van der Waals surface area contributed by atoms with Crippen LogP contribution in [0.15, 0.2) is 10.7 Å². The second kappa shape index (κ2) is 7.04. The number of ether oxygens (including phenoxy) is 1. The summed E-state index contributed by atoms with van der Waals surface area (Å²) in [4.78, 5) is 8.85. The van der Waals surface area contributed by atoms with E-state index < -0.39 is 0 Å². The van der Waals surface area contributed by atoms with Crippen molar-refractivity contribution >= 4 is 21.7 Å². The molecule has 1 aliphatic heterocycles. The second-order valence-electron chi connectivity index (χ2n) is 4.61. The Balaban J connectivity index is 1.91. The minimum atomic E-state index is 0.321. The van der Waals surface area contributed by atoms with Gasteiger partial charge in [0.2, 0.25) is 0 Å². The second-order valence-corrected chi connectivity index (χ2v) is 5.42. The van der Waals surface area contributed by atoms with Crippen molar-refractivity contribution in [1.82, 2.24) is 9.97 Å². The molecule has 1 N–H and O–H groups in total. The number of aryl methyl sites for hydroxylation is 1. The molecule has 0 aliphatic carbocycles. The lowest BCUT2D eigenvalue weighted by molar-refractivity contribution is 0.0247. The lowest BCUT2D eigenvalue weighted by Gasteiger charge is -2.23. The molecule has 1 aromatic rings. The predicted molar refractivity (Wildman–Crippen MR) is 75.8 cm³/mol. The molecule has 0 aromatic carbocycles. The van der Waals surface area contributed by atoms with E-state index in [2.05, 4.69) is 38.1 Å². The van der Waals surface area contributed by atoms with Gasteiger partial charge >= 0.3 is 0 Å². The molecule has 1 unspecified atom stereocenters. The van der Waals surface area contributed by atoms with Crippen LogP contribution in [0.25, 0.3) is 0 Å². The maximum Gasteiger partial charge on any atom is 0.132 e. The van der Waals surface area contributed by atoms with Crippen LogP contribution in [0.1, 0.15) is 38.4 Å². The van der Waals surface area contributed by atoms with Crippen LogP contribution >= 0.6 is 15.9 Å². The fraction of sp³-hybridized carbons (Fsp3) is 0.692. The van der Waals surface area contributed by atoms with Crippen molar-refractivity contribution in [2.45, 2.75) is 45.1 Å². The number of nitrogens with zero attached hydrogens (tertiary/aromatic N) is 2. The Morgan fingerprint density at radius 1 is 1.44 bits per heavy atom. The van der Waals surface area contributed by atoms with Crippen molar-refractivity contribution in [2.75, 3.05) is 18.5 Å². The summed E-state index contributed by atoms with van der Waals surface area (Å²) in [5.74, 6) is 1.77. The first-order chi connectivity index (χ1) is 8.78. The number of anilines is 1. The zero-order chi connectivity index (χ0) is 12.8. The van der Waals surface area contributed by atoms with E-state index in [0.29, 0.717) is 6.10 Å². The molecule has 0 bridgehead atoms. The summed E-state index contributed by atoms with van der Waals surface area (Å²) in [5, 5.41) is 3.35. The van der Waals surface area contributed by atoms with Gasteiger partial charge in [-0.1, -0.05) is 6.92 Å². The van der Waals surface area contributed by atoms with E-state index in [1.807, 2.05) is 6.07 Å². The average Bonchev–Trinajstić information content (AvgIpc) is 2.37. The van der Waals surface area contributed by atoms with Gasteiger partial charge in [0.15, 0.2) is 0 Å². The van der Waals surface area contributed by atoms with Crippen LogP contribution in [0.3, 0.4) is 0 Å². The summed E-state index contributed by atoms with van der Waals surface area (Å²) < 4.78 is 6.53. The maximum absolute atomic E-state index is 5.69. The number of nitrogens with one attached hydrogen (secondary N) is 1. The van der Waals surface area contributed by atoms with Crippen LogP contribution in [0.5, 0.6) is 0 Å². The van der Waals surface area contributed by atoms with Gasteiger partial charge in [0.05, 0.1) is 6.10 Å². The Morgan fingerprint density at radius 2 is 2.33 bits per heavy atom. The first-order valence-corrected chi connectivity index (χ1v) is 7.46. The van der Waals surface area contributed by atoms with Crippen molar-refractivity contribution in [1.29, 1.82) is 0 Å². The van der Waals surface area contributed by atoms with Crippen LogP contribution in [0, 0.1) is 0 Å². The minimum absolute atomic E-state index is 0.321. The highest BCUT2D eigenvalue weighted by molar-refractivity contribution is 9.10. The molecule has 2 rings (SSSR count). The minimum Gasteiger partial charge on any atom is -0.376 e. The molecule has 1 aliphatic rings. The number of hydrogen-bond donors (Lipinski definition) is 1. The molecule has 0 amide bonds.